The molecule has 0 aromatic heterocycles. The second kappa shape index (κ2) is 10.1. The minimum atomic E-state index is -1.49. The predicted octanol–water partition coefficient (Wildman–Crippen LogP) is 4.06. The molecule has 158 valence electrons. The monoisotopic (exact) mass is 411 g/mol. The lowest BCUT2D eigenvalue weighted by Gasteiger charge is -2.43. The molecule has 7 heteroatoms. The third-order valence-corrected chi connectivity index (χ3v) is 6.76. The highest BCUT2D eigenvalue weighted by Crippen LogP contribution is 2.36. The quantitative estimate of drug-likeness (QED) is 0.633. The second-order valence-electron chi connectivity index (χ2n) is 8.38. The second-order valence-corrected chi connectivity index (χ2v) is 9.38. The topological polar surface area (TPSA) is 84.9 Å². The number of hydrogen-bond acceptors (Lipinski definition) is 6. The number of carbonyl (C=O) groups excluding carboxylic acids is 2. The number of esters is 1. The minimum Gasteiger partial charge on any atom is -0.459 e. The van der Waals surface area contributed by atoms with Crippen LogP contribution in [-0.4, -0.2) is 46.1 Å². The van der Waals surface area contributed by atoms with E-state index in [-0.39, 0.29) is 23.7 Å². The summed E-state index contributed by atoms with van der Waals surface area (Å²) in [5.41, 5.74) is 1.04. The van der Waals surface area contributed by atoms with Crippen LogP contribution in [-0.2, 0) is 14.3 Å². The molecule has 4 atom stereocenters. The smallest absolute Gasteiger partial charge is 0.330 e. The summed E-state index contributed by atoms with van der Waals surface area (Å²) < 4.78 is 11.8. The lowest BCUT2D eigenvalue weighted by molar-refractivity contribution is -0.283. The Morgan fingerprint density at radius 1 is 1.11 bits per heavy atom. The molecule has 6 nitrogen and oxygen atoms in total. The van der Waals surface area contributed by atoms with Gasteiger partial charge in [0.05, 0.1) is 12.1 Å². The van der Waals surface area contributed by atoms with E-state index in [1.165, 1.54) is 25.7 Å². The van der Waals surface area contributed by atoms with Crippen molar-refractivity contribution in [2.45, 2.75) is 102 Å². The number of allylic oxidation sites excluding steroid dienone is 1. The van der Waals surface area contributed by atoms with Crippen LogP contribution in [0.1, 0.15) is 77.6 Å². The Kier molecular flexibility index (Phi) is 7.83. The van der Waals surface area contributed by atoms with Crippen molar-refractivity contribution in [3.8, 4) is 0 Å². The van der Waals surface area contributed by atoms with Crippen LogP contribution < -0.4 is 5.32 Å². The van der Waals surface area contributed by atoms with E-state index in [2.05, 4.69) is 5.32 Å². The van der Waals surface area contributed by atoms with Crippen LogP contribution in [0.5, 0.6) is 0 Å². The zero-order chi connectivity index (χ0) is 20.0. The molecule has 3 rings (SSSR count). The van der Waals surface area contributed by atoms with Crippen molar-refractivity contribution >= 4 is 23.0 Å². The Hall–Kier alpha value is -1.05. The molecule has 3 unspecified atom stereocenters. The van der Waals surface area contributed by atoms with Gasteiger partial charge in [-0.15, -0.1) is 0 Å². The van der Waals surface area contributed by atoms with E-state index in [1.807, 2.05) is 6.92 Å². The van der Waals surface area contributed by atoms with Gasteiger partial charge < -0.3 is 19.9 Å². The van der Waals surface area contributed by atoms with Crippen LogP contribution in [0.3, 0.4) is 0 Å². The van der Waals surface area contributed by atoms with E-state index in [4.69, 9.17) is 9.47 Å². The molecule has 0 aromatic carbocycles. The molecule has 3 heterocycles. The molecular weight excluding hydrogens is 378 g/mol. The number of ether oxygens (including phenoxy) is 2. The highest BCUT2D eigenvalue weighted by atomic mass is 32.2. The standard InChI is InChI=1S/C21H33NO5S/c1-15-9-7-5-3-2-4-6-8-10-16-12-17(26-19(23)11-15)13-21(25,27-16)18-14-28-20(24)22-18/h11,16-18,25H,2-10,12-14H2,1H3,(H,22,24)/b15-11-/t16-,17?,18?,21?/m1/s1. The molecule has 0 aromatic rings. The molecule has 2 saturated heterocycles. The van der Waals surface area contributed by atoms with Crippen LogP contribution in [0, 0.1) is 0 Å². The number of thioether (sulfide) groups is 1. The van der Waals surface area contributed by atoms with Crippen LogP contribution in [0.15, 0.2) is 11.6 Å². The molecule has 0 spiro atoms. The summed E-state index contributed by atoms with van der Waals surface area (Å²) in [6, 6.07) is -0.475. The van der Waals surface area contributed by atoms with E-state index in [0.717, 1.165) is 49.4 Å². The number of rotatable bonds is 1. The van der Waals surface area contributed by atoms with Gasteiger partial charge in [-0.1, -0.05) is 55.9 Å². The molecule has 2 bridgehead atoms. The summed E-state index contributed by atoms with van der Waals surface area (Å²) in [5.74, 6) is -1.37. The lowest BCUT2D eigenvalue weighted by atomic mass is 9.91. The maximum Gasteiger partial charge on any atom is 0.330 e. The molecular formula is C21H33NO5S. The Morgan fingerprint density at radius 2 is 1.82 bits per heavy atom. The number of nitrogens with one attached hydrogen (secondary N) is 1. The summed E-state index contributed by atoms with van der Waals surface area (Å²) in [5, 5.41) is 13.8. The maximum absolute atomic E-state index is 12.4. The number of hydrogen-bond donors (Lipinski definition) is 2. The van der Waals surface area contributed by atoms with Crippen molar-refractivity contribution in [1.29, 1.82) is 0 Å². The van der Waals surface area contributed by atoms with Gasteiger partial charge in [-0.2, -0.15) is 0 Å². The zero-order valence-electron chi connectivity index (χ0n) is 16.8. The van der Waals surface area contributed by atoms with Crippen molar-refractivity contribution in [1.82, 2.24) is 5.32 Å². The minimum absolute atomic E-state index is 0.147. The van der Waals surface area contributed by atoms with Crippen LogP contribution >= 0.6 is 11.8 Å². The first-order valence-corrected chi connectivity index (χ1v) is 11.6. The van der Waals surface area contributed by atoms with Gasteiger partial charge in [0.1, 0.15) is 6.10 Å². The SMILES string of the molecule is C/C1=C/C(=O)OC2C[C@@H](CCCCCCCCC1)OC(O)(C1CSC(=O)N1)C2. The molecule has 0 radical (unpaired) electrons. The summed E-state index contributed by atoms with van der Waals surface area (Å²) in [6.45, 7) is 1.97. The molecule has 0 aliphatic carbocycles. The van der Waals surface area contributed by atoms with Crippen LogP contribution in [0.4, 0.5) is 4.79 Å². The van der Waals surface area contributed by atoms with Gasteiger partial charge in [-0.3, -0.25) is 4.79 Å². The molecule has 3 aliphatic rings. The lowest BCUT2D eigenvalue weighted by Crippen LogP contribution is -2.58. The van der Waals surface area contributed by atoms with E-state index in [9.17, 15) is 14.7 Å². The van der Waals surface area contributed by atoms with Gasteiger partial charge in [0, 0.05) is 24.7 Å². The van der Waals surface area contributed by atoms with Gasteiger partial charge in [-0.25, -0.2) is 4.79 Å². The number of carbonyl (C=O) groups is 2. The normalized spacial score (nSPS) is 38.2. The number of aliphatic hydroxyl groups is 1. The van der Waals surface area contributed by atoms with Gasteiger partial charge >= 0.3 is 5.97 Å². The molecule has 3 aliphatic heterocycles. The van der Waals surface area contributed by atoms with E-state index in [0.29, 0.717) is 12.2 Å². The van der Waals surface area contributed by atoms with Crippen molar-refractivity contribution in [3.05, 3.63) is 11.6 Å². The molecule has 28 heavy (non-hydrogen) atoms. The molecule has 0 saturated carbocycles. The summed E-state index contributed by atoms with van der Waals surface area (Å²) >= 11 is 1.15. The highest BCUT2D eigenvalue weighted by Gasteiger charge is 2.49. The molecule has 2 fully saturated rings. The highest BCUT2D eigenvalue weighted by molar-refractivity contribution is 8.14. The van der Waals surface area contributed by atoms with Crippen molar-refractivity contribution in [3.63, 3.8) is 0 Å². The van der Waals surface area contributed by atoms with E-state index in [1.54, 1.807) is 6.08 Å². The number of fused-ring (bicyclic) bond motifs is 2. The van der Waals surface area contributed by atoms with Crippen molar-refractivity contribution < 1.29 is 24.2 Å². The van der Waals surface area contributed by atoms with Gasteiger partial charge in [0.25, 0.3) is 5.24 Å². The average Bonchev–Trinajstić information content (AvgIpc) is 3.06. The molecule has 2 N–H and O–H groups in total. The fraction of sp³-hybridized carbons (Fsp3) is 0.810. The summed E-state index contributed by atoms with van der Waals surface area (Å²) in [7, 11) is 0. The summed E-state index contributed by atoms with van der Waals surface area (Å²) in [4.78, 5) is 24.0. The van der Waals surface area contributed by atoms with Crippen LogP contribution in [0.2, 0.25) is 0 Å². The maximum atomic E-state index is 12.4. The Bertz CT molecular complexity index is 595. The third kappa shape index (κ3) is 6.22. The molecule has 1 amide bonds. The third-order valence-electron chi connectivity index (χ3n) is 5.88. The largest absolute Gasteiger partial charge is 0.459 e. The van der Waals surface area contributed by atoms with Crippen molar-refractivity contribution in [2.24, 2.45) is 0 Å². The predicted molar refractivity (Wildman–Crippen MR) is 109 cm³/mol. The van der Waals surface area contributed by atoms with E-state index < -0.39 is 17.9 Å². The van der Waals surface area contributed by atoms with Crippen molar-refractivity contribution in [2.75, 3.05) is 5.75 Å². The first-order valence-electron chi connectivity index (χ1n) is 10.7. The first kappa shape index (κ1) is 21.7. The fourth-order valence-electron chi connectivity index (χ4n) is 4.34. The summed E-state index contributed by atoms with van der Waals surface area (Å²) in [6.07, 6.45) is 11.7. The van der Waals surface area contributed by atoms with Gasteiger partial charge in [0.2, 0.25) is 0 Å². The zero-order valence-corrected chi connectivity index (χ0v) is 17.6. The van der Waals surface area contributed by atoms with E-state index >= 15 is 0 Å². The average molecular weight is 412 g/mol. The van der Waals surface area contributed by atoms with Crippen LogP contribution in [0.25, 0.3) is 0 Å². The Morgan fingerprint density at radius 3 is 2.54 bits per heavy atom. The van der Waals surface area contributed by atoms with Gasteiger partial charge in [-0.05, 0) is 26.2 Å². The fourth-order valence-corrected chi connectivity index (χ4v) is 5.22. The Labute approximate surface area is 171 Å². The van der Waals surface area contributed by atoms with Gasteiger partial charge in [0.15, 0.2) is 5.79 Å². The Balaban J connectivity index is 1.71. The first-order chi connectivity index (χ1) is 13.4. The number of amides is 1.